The molecule has 0 saturated heterocycles. The SMILES string of the molecule is [Na].c1cnc2nc[nH]c2c1. The van der Waals surface area contributed by atoms with E-state index in [1.165, 1.54) is 0 Å². The molecule has 2 rings (SSSR count). The zero-order chi connectivity index (χ0) is 6.10. The first kappa shape index (κ1) is 7.72. The minimum Gasteiger partial charge on any atom is -0.343 e. The van der Waals surface area contributed by atoms with Gasteiger partial charge in [-0.25, -0.2) is 9.97 Å². The van der Waals surface area contributed by atoms with E-state index in [0.717, 1.165) is 11.2 Å². The van der Waals surface area contributed by atoms with Gasteiger partial charge in [-0.05, 0) is 12.1 Å². The van der Waals surface area contributed by atoms with Crippen molar-refractivity contribution in [1.82, 2.24) is 15.0 Å². The van der Waals surface area contributed by atoms with Crippen LogP contribution < -0.4 is 0 Å². The second-order valence-electron chi connectivity index (χ2n) is 1.78. The second-order valence-corrected chi connectivity index (χ2v) is 1.78. The summed E-state index contributed by atoms with van der Waals surface area (Å²) in [5.74, 6) is 0. The number of aromatic nitrogens is 3. The Hall–Kier alpha value is -0.380. The van der Waals surface area contributed by atoms with Gasteiger partial charge in [-0.3, -0.25) is 0 Å². The Morgan fingerprint density at radius 3 is 3.00 bits per heavy atom. The summed E-state index contributed by atoms with van der Waals surface area (Å²) in [6, 6.07) is 3.82. The Labute approximate surface area is 80.2 Å². The maximum atomic E-state index is 4.00. The standard InChI is InChI=1S/C6H5N3.Na/c1-2-5-6(7-3-1)9-4-8-5;/h1-4H,(H,7,8,9);. The van der Waals surface area contributed by atoms with Crippen molar-refractivity contribution in [2.24, 2.45) is 0 Å². The fourth-order valence-electron chi connectivity index (χ4n) is 0.775. The van der Waals surface area contributed by atoms with Gasteiger partial charge in [0, 0.05) is 35.8 Å². The molecule has 45 valence electrons. The Bertz CT molecular complexity index is 287. The number of hydrogen-bond donors (Lipinski definition) is 1. The van der Waals surface area contributed by atoms with Crippen LogP contribution in [0, 0.1) is 0 Å². The van der Waals surface area contributed by atoms with Gasteiger partial charge in [0.1, 0.15) is 0 Å². The molecular formula is C6H5N3Na. The number of hydrogen-bond acceptors (Lipinski definition) is 2. The molecule has 0 unspecified atom stereocenters. The molecule has 0 spiro atoms. The van der Waals surface area contributed by atoms with E-state index >= 15 is 0 Å². The molecule has 4 heteroatoms. The average molecular weight is 142 g/mol. The van der Waals surface area contributed by atoms with E-state index < -0.39 is 0 Å². The van der Waals surface area contributed by atoms with Crippen LogP contribution in [0.5, 0.6) is 0 Å². The zero-order valence-corrected chi connectivity index (χ0v) is 7.70. The Morgan fingerprint density at radius 1 is 1.30 bits per heavy atom. The van der Waals surface area contributed by atoms with Crippen LogP contribution in [-0.2, 0) is 0 Å². The van der Waals surface area contributed by atoms with E-state index in [1.807, 2.05) is 12.1 Å². The quantitative estimate of drug-likeness (QED) is 0.546. The molecule has 2 aromatic heterocycles. The van der Waals surface area contributed by atoms with Gasteiger partial charge in [-0.2, -0.15) is 0 Å². The minimum absolute atomic E-state index is 0. The Morgan fingerprint density at radius 2 is 2.20 bits per heavy atom. The molecule has 2 heterocycles. The van der Waals surface area contributed by atoms with E-state index in [4.69, 9.17) is 0 Å². The minimum atomic E-state index is 0. The van der Waals surface area contributed by atoms with E-state index in [-0.39, 0.29) is 29.6 Å². The molecule has 3 nitrogen and oxygen atoms in total. The molecular weight excluding hydrogens is 137 g/mol. The number of nitrogens with zero attached hydrogens (tertiary/aromatic N) is 2. The molecule has 1 N–H and O–H groups in total. The molecule has 0 aromatic carbocycles. The molecule has 2 aromatic rings. The van der Waals surface area contributed by atoms with Crippen molar-refractivity contribution >= 4 is 40.7 Å². The maximum Gasteiger partial charge on any atom is 0.177 e. The van der Waals surface area contributed by atoms with Gasteiger partial charge < -0.3 is 4.98 Å². The molecule has 0 aliphatic rings. The van der Waals surface area contributed by atoms with Crippen LogP contribution in [0.2, 0.25) is 0 Å². The van der Waals surface area contributed by atoms with Crippen LogP contribution >= 0.6 is 0 Å². The molecule has 0 amide bonds. The summed E-state index contributed by atoms with van der Waals surface area (Å²) >= 11 is 0. The maximum absolute atomic E-state index is 4.00. The van der Waals surface area contributed by atoms with Gasteiger partial charge in [-0.1, -0.05) is 0 Å². The van der Waals surface area contributed by atoms with Crippen molar-refractivity contribution in [2.45, 2.75) is 0 Å². The smallest absolute Gasteiger partial charge is 0.177 e. The number of H-pyrrole nitrogens is 1. The van der Waals surface area contributed by atoms with Crippen molar-refractivity contribution in [3.63, 3.8) is 0 Å². The predicted octanol–water partition coefficient (Wildman–Crippen LogP) is 0.577. The average Bonchev–Trinajstić information content (AvgIpc) is 2.33. The van der Waals surface area contributed by atoms with Gasteiger partial charge in [0.2, 0.25) is 0 Å². The summed E-state index contributed by atoms with van der Waals surface area (Å²) in [6.07, 6.45) is 3.36. The number of imidazole rings is 1. The van der Waals surface area contributed by atoms with Crippen LogP contribution in [-0.4, -0.2) is 44.5 Å². The zero-order valence-electron chi connectivity index (χ0n) is 5.70. The summed E-state index contributed by atoms with van der Waals surface area (Å²) in [5, 5.41) is 0. The number of rotatable bonds is 0. The third kappa shape index (κ3) is 1.21. The number of fused-ring (bicyclic) bond motifs is 1. The summed E-state index contributed by atoms with van der Waals surface area (Å²) in [4.78, 5) is 10.9. The topological polar surface area (TPSA) is 41.6 Å². The molecule has 0 aliphatic heterocycles. The van der Waals surface area contributed by atoms with Crippen LogP contribution in [0.3, 0.4) is 0 Å². The van der Waals surface area contributed by atoms with Crippen LogP contribution in [0.4, 0.5) is 0 Å². The molecule has 0 saturated carbocycles. The second kappa shape index (κ2) is 3.14. The van der Waals surface area contributed by atoms with Crippen molar-refractivity contribution in [2.75, 3.05) is 0 Å². The van der Waals surface area contributed by atoms with Crippen molar-refractivity contribution in [3.05, 3.63) is 24.7 Å². The molecule has 0 bridgehead atoms. The van der Waals surface area contributed by atoms with Crippen LogP contribution in [0.1, 0.15) is 0 Å². The van der Waals surface area contributed by atoms with Gasteiger partial charge in [0.25, 0.3) is 0 Å². The third-order valence-corrected chi connectivity index (χ3v) is 1.19. The van der Waals surface area contributed by atoms with Crippen molar-refractivity contribution < 1.29 is 0 Å². The van der Waals surface area contributed by atoms with Gasteiger partial charge in [-0.15, -0.1) is 0 Å². The van der Waals surface area contributed by atoms with Crippen LogP contribution in [0.25, 0.3) is 11.2 Å². The van der Waals surface area contributed by atoms with Crippen molar-refractivity contribution in [3.8, 4) is 0 Å². The monoisotopic (exact) mass is 142 g/mol. The fraction of sp³-hybridized carbons (Fsp3) is 0. The molecule has 1 radical (unpaired) electrons. The summed E-state index contributed by atoms with van der Waals surface area (Å²) < 4.78 is 0. The van der Waals surface area contributed by atoms with E-state index in [9.17, 15) is 0 Å². The first-order valence-corrected chi connectivity index (χ1v) is 2.71. The number of nitrogens with one attached hydrogen (secondary N) is 1. The van der Waals surface area contributed by atoms with E-state index in [1.54, 1.807) is 12.5 Å². The molecule has 0 fully saturated rings. The van der Waals surface area contributed by atoms with Crippen molar-refractivity contribution in [1.29, 1.82) is 0 Å². The van der Waals surface area contributed by atoms with Crippen LogP contribution in [0.15, 0.2) is 24.7 Å². The van der Waals surface area contributed by atoms with E-state index in [2.05, 4.69) is 15.0 Å². The summed E-state index contributed by atoms with van der Waals surface area (Å²) in [7, 11) is 0. The first-order valence-electron chi connectivity index (χ1n) is 2.71. The summed E-state index contributed by atoms with van der Waals surface area (Å²) in [6.45, 7) is 0. The van der Waals surface area contributed by atoms with Gasteiger partial charge >= 0.3 is 0 Å². The molecule has 0 aliphatic carbocycles. The van der Waals surface area contributed by atoms with E-state index in [0.29, 0.717) is 0 Å². The molecule has 0 atom stereocenters. The Kier molecular flexibility index (Phi) is 2.43. The van der Waals surface area contributed by atoms with Gasteiger partial charge in [0.05, 0.1) is 11.8 Å². The molecule has 10 heavy (non-hydrogen) atoms. The normalized spacial score (nSPS) is 9.20. The first-order chi connectivity index (χ1) is 4.47. The fourth-order valence-corrected chi connectivity index (χ4v) is 0.775. The third-order valence-electron chi connectivity index (χ3n) is 1.19. The Balaban J connectivity index is 0.000000500. The number of aromatic amines is 1. The summed E-state index contributed by atoms with van der Waals surface area (Å²) in [5.41, 5.74) is 1.76. The number of pyridine rings is 1. The van der Waals surface area contributed by atoms with Gasteiger partial charge in [0.15, 0.2) is 5.65 Å². The largest absolute Gasteiger partial charge is 0.343 e. The predicted molar refractivity (Wildman–Crippen MR) is 39.6 cm³/mol.